The number of benzene rings is 1. The Labute approximate surface area is 259 Å². The van der Waals surface area contributed by atoms with Crippen LogP contribution in [0.4, 0.5) is 24.9 Å². The molecule has 0 spiro atoms. The van der Waals surface area contributed by atoms with E-state index in [-0.39, 0.29) is 42.9 Å². The van der Waals surface area contributed by atoms with E-state index in [1.54, 1.807) is 26.1 Å². The number of esters is 1. The number of nitrogens with zero attached hydrogens (tertiary/aromatic N) is 4. The van der Waals surface area contributed by atoms with Gasteiger partial charge in [-0.1, -0.05) is 12.1 Å². The zero-order valence-electron chi connectivity index (χ0n) is 24.4. The van der Waals surface area contributed by atoms with Gasteiger partial charge in [0, 0.05) is 31.6 Å². The lowest BCUT2D eigenvalue weighted by Gasteiger charge is -2.48. The number of aliphatic hydroxyl groups is 3. The van der Waals surface area contributed by atoms with E-state index >= 15 is 0 Å². The van der Waals surface area contributed by atoms with E-state index < -0.39 is 30.2 Å². The van der Waals surface area contributed by atoms with Crippen molar-refractivity contribution in [2.75, 3.05) is 24.4 Å². The first-order valence-corrected chi connectivity index (χ1v) is 14.7. The minimum Gasteiger partial charge on any atom is -0.469 e. The minimum atomic E-state index is -4.80. The molecule has 16 heteroatoms. The third-order valence-electron chi connectivity index (χ3n) is 7.52. The Balaban J connectivity index is 1.49. The zero-order valence-corrected chi connectivity index (χ0v) is 25.2. The number of thiazole rings is 1. The highest BCUT2D eigenvalue weighted by atomic mass is 32.1. The van der Waals surface area contributed by atoms with Gasteiger partial charge < -0.3 is 35.4 Å². The highest BCUT2D eigenvalue weighted by molar-refractivity contribution is 7.21. The van der Waals surface area contributed by atoms with Crippen LogP contribution in [0.25, 0.3) is 20.8 Å². The lowest BCUT2D eigenvalue weighted by Crippen LogP contribution is -2.64. The second-order valence-electron chi connectivity index (χ2n) is 10.7. The van der Waals surface area contributed by atoms with Crippen molar-refractivity contribution in [3.8, 4) is 16.3 Å². The van der Waals surface area contributed by atoms with Gasteiger partial charge in [-0.05, 0) is 37.6 Å². The number of pyridine rings is 1. The van der Waals surface area contributed by atoms with Gasteiger partial charge in [0.25, 0.3) is 0 Å². The van der Waals surface area contributed by atoms with E-state index in [1.807, 2.05) is 0 Å². The first kappa shape index (κ1) is 32.3. The number of rotatable bonds is 11. The SMILES string of the molecule is COC(=O)CCc1nccc2sc(-c3c(C)nc(N[C@H](C)c4ccc(OC(F)(F)F)cc4)nc3N[C@]3(O)C[C@H](CO)[C@H]3O)nc12. The molecule has 45 heavy (non-hydrogen) atoms. The van der Waals surface area contributed by atoms with E-state index in [1.165, 1.54) is 42.7 Å². The number of alkyl halides is 3. The summed E-state index contributed by atoms with van der Waals surface area (Å²) in [5, 5.41) is 37.8. The summed E-state index contributed by atoms with van der Waals surface area (Å²) >= 11 is 1.33. The molecule has 0 aliphatic heterocycles. The van der Waals surface area contributed by atoms with Gasteiger partial charge in [-0.15, -0.1) is 24.5 Å². The Hall–Kier alpha value is -4.12. The summed E-state index contributed by atoms with van der Waals surface area (Å²) < 4.78 is 47.2. The van der Waals surface area contributed by atoms with Crippen molar-refractivity contribution in [3.05, 3.63) is 53.5 Å². The Morgan fingerprint density at radius 1 is 1.20 bits per heavy atom. The second kappa shape index (κ2) is 12.7. The smallest absolute Gasteiger partial charge is 0.469 e. The fourth-order valence-electron chi connectivity index (χ4n) is 5.10. The number of aryl methyl sites for hydroxylation is 2. The van der Waals surface area contributed by atoms with E-state index in [9.17, 15) is 33.3 Å². The number of nitrogens with one attached hydrogen (secondary N) is 2. The largest absolute Gasteiger partial charge is 0.573 e. The summed E-state index contributed by atoms with van der Waals surface area (Å²) in [5.41, 5.74) is 0.949. The van der Waals surface area contributed by atoms with Crippen LogP contribution < -0.4 is 15.4 Å². The van der Waals surface area contributed by atoms with E-state index in [0.717, 1.165) is 4.70 Å². The number of hydrogen-bond donors (Lipinski definition) is 5. The summed E-state index contributed by atoms with van der Waals surface area (Å²) in [6, 6.07) is 6.71. The molecular formula is C29H31F3N6O6S. The Kier molecular flexibility index (Phi) is 9.11. The molecule has 1 aliphatic rings. The number of aromatic nitrogens is 4. The number of hydrogen-bond acceptors (Lipinski definition) is 13. The summed E-state index contributed by atoms with van der Waals surface area (Å²) in [4.78, 5) is 30.1. The van der Waals surface area contributed by atoms with Crippen LogP contribution in [0, 0.1) is 12.8 Å². The van der Waals surface area contributed by atoms with Crippen LogP contribution in [-0.4, -0.2) is 73.1 Å². The topological polar surface area (TPSA) is 172 Å². The standard InChI is InChI=1S/C29H31F3N6O6S/c1-14(16-4-6-18(7-5-16)44-29(30,31)32)34-27-35-15(2)22(25(37-27)38-28(42)12-17(13-39)24(28)41)26-36-23-19(8-9-21(40)43-3)33-11-10-20(23)45-26/h4-7,10-11,14,17,24,39,41-42H,8-9,12-13H2,1-3H3,(H2,34,35,37,38)/t14-,17-,24-,28+/m1/s1. The number of ether oxygens (including phenoxy) is 2. The molecule has 240 valence electrons. The van der Waals surface area contributed by atoms with E-state index in [0.29, 0.717) is 39.5 Å². The van der Waals surface area contributed by atoms with Gasteiger partial charge in [0.15, 0.2) is 5.72 Å². The molecule has 1 saturated carbocycles. The monoisotopic (exact) mass is 648 g/mol. The Morgan fingerprint density at radius 3 is 2.58 bits per heavy atom. The molecule has 0 unspecified atom stereocenters. The summed E-state index contributed by atoms with van der Waals surface area (Å²) in [5.74, 6) is -0.959. The quantitative estimate of drug-likeness (QED) is 0.117. The maximum absolute atomic E-state index is 12.6. The lowest BCUT2D eigenvalue weighted by molar-refractivity contribution is -0.274. The maximum Gasteiger partial charge on any atom is 0.573 e. The molecule has 0 radical (unpaired) electrons. The van der Waals surface area contributed by atoms with Crippen LogP contribution in [0.5, 0.6) is 5.75 Å². The van der Waals surface area contributed by atoms with Crippen molar-refractivity contribution in [1.82, 2.24) is 19.9 Å². The molecule has 3 heterocycles. The number of halogens is 3. The van der Waals surface area contributed by atoms with Crippen molar-refractivity contribution in [1.29, 1.82) is 0 Å². The Bertz CT molecular complexity index is 1690. The minimum absolute atomic E-state index is 0.0557. The average molecular weight is 649 g/mol. The molecule has 4 aromatic rings. The van der Waals surface area contributed by atoms with Crippen LogP contribution in [0.1, 0.15) is 42.8 Å². The van der Waals surface area contributed by atoms with Crippen LogP contribution >= 0.6 is 11.3 Å². The molecule has 1 fully saturated rings. The first-order chi connectivity index (χ1) is 21.3. The van der Waals surface area contributed by atoms with Gasteiger partial charge in [-0.3, -0.25) is 9.78 Å². The number of carbonyl (C=O) groups excluding carboxylic acids is 1. The molecule has 3 aromatic heterocycles. The summed E-state index contributed by atoms with van der Waals surface area (Å²) in [6.45, 7) is 3.18. The third-order valence-corrected chi connectivity index (χ3v) is 8.56. The molecule has 5 N–H and O–H groups in total. The van der Waals surface area contributed by atoms with Crippen molar-refractivity contribution in [2.45, 2.75) is 57.3 Å². The van der Waals surface area contributed by atoms with Gasteiger partial charge in [-0.2, -0.15) is 4.98 Å². The maximum atomic E-state index is 12.6. The normalized spacial score (nSPS) is 20.4. The molecular weight excluding hydrogens is 617 g/mol. The van der Waals surface area contributed by atoms with Crippen LogP contribution in [-0.2, 0) is 16.0 Å². The summed E-state index contributed by atoms with van der Waals surface area (Å²) in [6.07, 6.45) is -3.97. The highest BCUT2D eigenvalue weighted by Gasteiger charge is 2.52. The van der Waals surface area contributed by atoms with E-state index in [2.05, 4.69) is 30.3 Å². The van der Waals surface area contributed by atoms with Gasteiger partial charge in [0.2, 0.25) is 5.95 Å². The average Bonchev–Trinajstić information content (AvgIpc) is 3.42. The van der Waals surface area contributed by atoms with Crippen LogP contribution in [0.15, 0.2) is 36.5 Å². The predicted octanol–water partition coefficient (Wildman–Crippen LogP) is 4.11. The number of carbonyl (C=O) groups is 1. The van der Waals surface area contributed by atoms with Crippen molar-refractivity contribution in [2.24, 2.45) is 5.92 Å². The molecule has 12 nitrogen and oxygen atoms in total. The van der Waals surface area contributed by atoms with Gasteiger partial charge in [0.05, 0.1) is 41.2 Å². The van der Waals surface area contributed by atoms with Gasteiger partial charge >= 0.3 is 12.3 Å². The second-order valence-corrected chi connectivity index (χ2v) is 11.7. The highest BCUT2D eigenvalue weighted by Crippen LogP contribution is 2.42. The molecule has 1 aliphatic carbocycles. The lowest BCUT2D eigenvalue weighted by atomic mass is 9.74. The van der Waals surface area contributed by atoms with Crippen molar-refractivity contribution in [3.63, 3.8) is 0 Å². The van der Waals surface area contributed by atoms with Gasteiger partial charge in [0.1, 0.15) is 28.2 Å². The molecule has 1 aromatic carbocycles. The van der Waals surface area contributed by atoms with Crippen LogP contribution in [0.3, 0.4) is 0 Å². The van der Waals surface area contributed by atoms with Gasteiger partial charge in [-0.25, -0.2) is 9.97 Å². The molecule has 0 saturated heterocycles. The molecule has 5 rings (SSSR count). The zero-order chi connectivity index (χ0) is 32.5. The van der Waals surface area contributed by atoms with E-state index in [4.69, 9.17) is 9.72 Å². The fourth-order valence-corrected chi connectivity index (χ4v) is 6.18. The van der Waals surface area contributed by atoms with Crippen molar-refractivity contribution < 1.29 is 42.8 Å². The number of aliphatic hydroxyl groups excluding tert-OH is 2. The predicted molar refractivity (Wildman–Crippen MR) is 158 cm³/mol. The fraction of sp³-hybridized carbons (Fsp3) is 0.414. The van der Waals surface area contributed by atoms with Crippen molar-refractivity contribution >= 4 is 39.3 Å². The Morgan fingerprint density at radius 2 is 1.93 bits per heavy atom. The number of fused-ring (bicyclic) bond motifs is 1. The molecule has 4 atom stereocenters. The third kappa shape index (κ3) is 7.08. The number of anilines is 2. The van der Waals surface area contributed by atoms with Crippen LogP contribution in [0.2, 0.25) is 0 Å². The molecule has 0 amide bonds. The number of methoxy groups -OCH3 is 1. The first-order valence-electron chi connectivity index (χ1n) is 13.9. The molecule has 0 bridgehead atoms. The summed E-state index contributed by atoms with van der Waals surface area (Å²) in [7, 11) is 1.31.